The third-order valence-corrected chi connectivity index (χ3v) is 4.65. The second-order valence-corrected chi connectivity index (χ2v) is 6.27. The molecule has 3 rings (SSSR count). The Kier molecular flexibility index (Phi) is 5.45. The van der Waals surface area contributed by atoms with Gasteiger partial charge in [-0.2, -0.15) is 5.10 Å². The van der Waals surface area contributed by atoms with Crippen molar-refractivity contribution in [2.75, 3.05) is 25.0 Å². The molecule has 1 aromatic carbocycles. The predicted molar refractivity (Wildman–Crippen MR) is 94.0 cm³/mol. The lowest BCUT2D eigenvalue weighted by Gasteiger charge is -2.13. The fourth-order valence-corrected chi connectivity index (χ4v) is 2.85. The monoisotopic (exact) mass is 382 g/mol. The van der Waals surface area contributed by atoms with Crippen LogP contribution in [0.2, 0.25) is 10.0 Å². The molecule has 9 heteroatoms. The summed E-state index contributed by atoms with van der Waals surface area (Å²) in [7, 11) is 0. The van der Waals surface area contributed by atoms with E-state index in [2.05, 4.69) is 10.4 Å². The van der Waals surface area contributed by atoms with Gasteiger partial charge in [-0.3, -0.25) is 4.79 Å². The van der Waals surface area contributed by atoms with Gasteiger partial charge in [0.05, 0.1) is 29.3 Å². The van der Waals surface area contributed by atoms with Crippen molar-refractivity contribution in [3.8, 4) is 0 Å². The summed E-state index contributed by atoms with van der Waals surface area (Å²) < 4.78 is 6.45. The number of benzene rings is 1. The van der Waals surface area contributed by atoms with Gasteiger partial charge in [0.15, 0.2) is 0 Å². The quantitative estimate of drug-likeness (QED) is 0.832. The highest BCUT2D eigenvalue weighted by Crippen LogP contribution is 2.26. The molecule has 1 aliphatic rings. The van der Waals surface area contributed by atoms with Gasteiger partial charge < -0.3 is 15.0 Å². The zero-order valence-electron chi connectivity index (χ0n) is 13.2. The zero-order chi connectivity index (χ0) is 17.8. The van der Waals surface area contributed by atoms with Crippen LogP contribution in [0.5, 0.6) is 0 Å². The molecule has 0 unspecified atom stereocenters. The van der Waals surface area contributed by atoms with Crippen molar-refractivity contribution in [3.63, 3.8) is 0 Å². The topological polar surface area (TPSA) is 76.5 Å². The van der Waals surface area contributed by atoms with E-state index in [0.717, 1.165) is 5.56 Å². The Morgan fingerprint density at radius 3 is 2.92 bits per heavy atom. The van der Waals surface area contributed by atoms with E-state index in [4.69, 9.17) is 27.9 Å². The molecular formula is C16H16Cl2N4O3. The molecule has 1 saturated heterocycles. The number of cyclic esters (lactones) is 1. The smallest absolute Gasteiger partial charge is 0.409 e. The molecular weight excluding hydrogens is 367 g/mol. The largest absolute Gasteiger partial charge is 0.448 e. The molecule has 7 nitrogen and oxygen atoms in total. The van der Waals surface area contributed by atoms with Gasteiger partial charge in [-0.05, 0) is 11.6 Å². The highest BCUT2D eigenvalue weighted by molar-refractivity contribution is 6.42. The number of ether oxygens (including phenoxy) is 1. The first-order valence-corrected chi connectivity index (χ1v) is 8.46. The van der Waals surface area contributed by atoms with E-state index >= 15 is 0 Å². The average Bonchev–Trinajstić information content (AvgIpc) is 3.19. The van der Waals surface area contributed by atoms with E-state index in [0.29, 0.717) is 42.1 Å². The molecule has 0 radical (unpaired) electrons. The minimum atomic E-state index is -0.381. The summed E-state index contributed by atoms with van der Waals surface area (Å²) in [5.74, 6) is 0.337. The lowest BCUT2D eigenvalue weighted by Crippen LogP contribution is -2.28. The van der Waals surface area contributed by atoms with Gasteiger partial charge in [0.1, 0.15) is 12.4 Å². The molecule has 0 saturated carbocycles. The molecule has 25 heavy (non-hydrogen) atoms. The van der Waals surface area contributed by atoms with Crippen LogP contribution in [0.15, 0.2) is 30.5 Å². The Morgan fingerprint density at radius 2 is 2.16 bits per heavy atom. The van der Waals surface area contributed by atoms with Crippen LogP contribution in [0.3, 0.4) is 0 Å². The Hall–Kier alpha value is -2.25. The van der Waals surface area contributed by atoms with E-state index in [1.807, 2.05) is 6.07 Å². The van der Waals surface area contributed by atoms with Gasteiger partial charge in [0.25, 0.3) is 0 Å². The predicted octanol–water partition coefficient (Wildman–Crippen LogP) is 3.02. The van der Waals surface area contributed by atoms with Crippen molar-refractivity contribution in [1.82, 2.24) is 14.7 Å². The zero-order valence-corrected chi connectivity index (χ0v) is 14.8. The van der Waals surface area contributed by atoms with Crippen LogP contribution >= 0.6 is 23.2 Å². The van der Waals surface area contributed by atoms with E-state index in [9.17, 15) is 9.59 Å². The first-order valence-electron chi connectivity index (χ1n) is 7.71. The number of nitrogens with zero attached hydrogens (tertiary/aromatic N) is 3. The molecule has 2 aromatic rings. The van der Waals surface area contributed by atoms with Crippen LogP contribution in [0, 0.1) is 0 Å². The summed E-state index contributed by atoms with van der Waals surface area (Å²) >= 11 is 12.2. The Bertz CT molecular complexity index is 793. The Morgan fingerprint density at radius 1 is 1.32 bits per heavy atom. The summed E-state index contributed by atoms with van der Waals surface area (Å²) in [6.45, 7) is 1.57. The van der Waals surface area contributed by atoms with Gasteiger partial charge >= 0.3 is 6.09 Å². The van der Waals surface area contributed by atoms with E-state index in [-0.39, 0.29) is 18.4 Å². The fourth-order valence-electron chi connectivity index (χ4n) is 2.47. The molecule has 0 spiro atoms. The van der Waals surface area contributed by atoms with Crippen LogP contribution < -0.4 is 5.32 Å². The SMILES string of the molecule is O=C(CCN1CCOC1=O)Nc1ccnn1Cc1cccc(Cl)c1Cl. The van der Waals surface area contributed by atoms with Crippen LogP contribution in [-0.2, 0) is 16.1 Å². The van der Waals surface area contributed by atoms with Crippen LogP contribution in [-0.4, -0.2) is 46.4 Å². The standard InChI is InChI=1S/C16H16Cl2N4O3/c17-12-3-1-2-11(15(12)18)10-22-13(4-6-19-22)20-14(23)5-7-21-8-9-25-16(21)24/h1-4,6H,5,7-10H2,(H,20,23). The average molecular weight is 383 g/mol. The number of anilines is 1. The van der Waals surface area contributed by atoms with Crippen LogP contribution in [0.25, 0.3) is 0 Å². The normalized spacial score (nSPS) is 13.8. The van der Waals surface area contributed by atoms with Crippen molar-refractivity contribution in [2.45, 2.75) is 13.0 Å². The minimum Gasteiger partial charge on any atom is -0.448 e. The maximum absolute atomic E-state index is 12.1. The van der Waals surface area contributed by atoms with Crippen molar-refractivity contribution in [1.29, 1.82) is 0 Å². The van der Waals surface area contributed by atoms with Gasteiger partial charge in [0, 0.05) is 19.0 Å². The number of hydrogen-bond donors (Lipinski definition) is 1. The van der Waals surface area contributed by atoms with E-state index in [1.54, 1.807) is 29.1 Å². The van der Waals surface area contributed by atoms with E-state index < -0.39 is 0 Å². The van der Waals surface area contributed by atoms with Crippen LogP contribution in [0.1, 0.15) is 12.0 Å². The molecule has 2 amide bonds. The second kappa shape index (κ2) is 7.76. The highest BCUT2D eigenvalue weighted by Gasteiger charge is 2.22. The van der Waals surface area contributed by atoms with Crippen molar-refractivity contribution < 1.29 is 14.3 Å². The Labute approximate surface area is 154 Å². The molecule has 132 valence electrons. The number of halogens is 2. The summed E-state index contributed by atoms with van der Waals surface area (Å²) in [5, 5.41) is 7.92. The molecule has 0 atom stereocenters. The number of carbonyl (C=O) groups excluding carboxylic acids is 2. The van der Waals surface area contributed by atoms with Gasteiger partial charge in [-0.25, -0.2) is 9.48 Å². The number of amides is 2. The van der Waals surface area contributed by atoms with Crippen molar-refractivity contribution in [3.05, 3.63) is 46.1 Å². The lowest BCUT2D eigenvalue weighted by atomic mass is 10.2. The lowest BCUT2D eigenvalue weighted by molar-refractivity contribution is -0.116. The van der Waals surface area contributed by atoms with Gasteiger partial charge in [0.2, 0.25) is 5.91 Å². The fraction of sp³-hybridized carbons (Fsp3) is 0.312. The molecule has 2 heterocycles. The summed E-state index contributed by atoms with van der Waals surface area (Å²) in [5.41, 5.74) is 0.799. The maximum Gasteiger partial charge on any atom is 0.409 e. The summed E-state index contributed by atoms with van der Waals surface area (Å²) in [4.78, 5) is 25.0. The number of hydrogen-bond acceptors (Lipinski definition) is 4. The third-order valence-electron chi connectivity index (χ3n) is 3.79. The molecule has 1 aliphatic heterocycles. The second-order valence-electron chi connectivity index (χ2n) is 5.49. The molecule has 1 N–H and O–H groups in total. The first kappa shape index (κ1) is 17.6. The summed E-state index contributed by atoms with van der Waals surface area (Å²) in [6.07, 6.45) is 1.39. The number of aromatic nitrogens is 2. The van der Waals surface area contributed by atoms with Gasteiger partial charge in [-0.15, -0.1) is 0 Å². The van der Waals surface area contributed by atoms with Gasteiger partial charge in [-0.1, -0.05) is 35.3 Å². The number of carbonyl (C=O) groups is 2. The van der Waals surface area contributed by atoms with Crippen LogP contribution in [0.4, 0.5) is 10.6 Å². The Balaban J connectivity index is 1.60. The molecule has 0 aliphatic carbocycles. The molecule has 1 aromatic heterocycles. The van der Waals surface area contributed by atoms with E-state index in [1.165, 1.54) is 4.90 Å². The summed E-state index contributed by atoms with van der Waals surface area (Å²) in [6, 6.07) is 7.06. The van der Waals surface area contributed by atoms with Crippen molar-refractivity contribution in [2.24, 2.45) is 0 Å². The highest BCUT2D eigenvalue weighted by atomic mass is 35.5. The number of nitrogens with one attached hydrogen (secondary N) is 1. The minimum absolute atomic E-state index is 0.179. The molecule has 0 bridgehead atoms. The molecule has 1 fully saturated rings. The third kappa shape index (κ3) is 4.24. The first-order chi connectivity index (χ1) is 12.0. The number of rotatable bonds is 6. The maximum atomic E-state index is 12.1. The van der Waals surface area contributed by atoms with Crippen molar-refractivity contribution >= 4 is 41.0 Å².